The summed E-state index contributed by atoms with van der Waals surface area (Å²) in [7, 11) is 4.34. The van der Waals surface area contributed by atoms with Crippen LogP contribution in [0.5, 0.6) is 11.5 Å². The average Bonchev–Trinajstić information content (AvgIpc) is 3.48. The van der Waals surface area contributed by atoms with Crippen LogP contribution in [0.15, 0.2) is 12.1 Å². The van der Waals surface area contributed by atoms with E-state index in [2.05, 4.69) is 9.72 Å². The van der Waals surface area contributed by atoms with Gasteiger partial charge in [0.25, 0.3) is 0 Å². The number of hydrogen-bond acceptors (Lipinski definition) is 9. The standard InChI is InChI=1S/C24H31NO8S/c1-13-17(30-2)9-14(10-18(13)31-3)22(27)19(33-15-7-5-6-8-15)12-20-25-16(11-21(26)32-4)23(34-20)24(28)29/h9-10,15,19,22,27H,5-8,11-12H2,1-4H3,(H,28,29)/t19-,22+/m0/s1. The van der Waals surface area contributed by atoms with Gasteiger partial charge in [-0.05, 0) is 37.5 Å². The van der Waals surface area contributed by atoms with Crippen molar-refractivity contribution in [3.8, 4) is 11.5 Å². The van der Waals surface area contributed by atoms with Gasteiger partial charge in [0, 0.05) is 12.0 Å². The largest absolute Gasteiger partial charge is 0.496 e. The maximum atomic E-state index is 11.7. The zero-order valence-electron chi connectivity index (χ0n) is 19.8. The summed E-state index contributed by atoms with van der Waals surface area (Å²) in [5.41, 5.74) is 1.52. The normalized spacial score (nSPS) is 15.7. The minimum absolute atomic E-state index is 0.00216. The van der Waals surface area contributed by atoms with Crippen molar-refractivity contribution in [2.24, 2.45) is 0 Å². The molecule has 0 radical (unpaired) electrons. The zero-order chi connectivity index (χ0) is 24.8. The third-order valence-corrected chi connectivity index (χ3v) is 7.10. The first kappa shape index (κ1) is 25.9. The lowest BCUT2D eigenvalue weighted by Gasteiger charge is -2.27. The molecule has 1 aliphatic carbocycles. The number of esters is 1. The number of aliphatic hydroxyl groups excluding tert-OH is 1. The summed E-state index contributed by atoms with van der Waals surface area (Å²) in [6, 6.07) is 3.50. The highest BCUT2D eigenvalue weighted by Crippen LogP contribution is 2.36. The van der Waals surface area contributed by atoms with E-state index in [1.165, 1.54) is 7.11 Å². The minimum Gasteiger partial charge on any atom is -0.496 e. The van der Waals surface area contributed by atoms with Crippen molar-refractivity contribution in [3.05, 3.63) is 38.8 Å². The van der Waals surface area contributed by atoms with Crippen LogP contribution in [0, 0.1) is 6.92 Å². The van der Waals surface area contributed by atoms with Gasteiger partial charge in [-0.2, -0.15) is 0 Å². The Balaban J connectivity index is 1.93. The van der Waals surface area contributed by atoms with Crippen molar-refractivity contribution in [3.63, 3.8) is 0 Å². The van der Waals surface area contributed by atoms with Crippen LogP contribution in [0.3, 0.4) is 0 Å². The monoisotopic (exact) mass is 493 g/mol. The van der Waals surface area contributed by atoms with Crippen molar-refractivity contribution in [1.29, 1.82) is 0 Å². The number of aromatic nitrogens is 1. The number of nitrogens with zero attached hydrogens (tertiary/aromatic N) is 1. The number of aliphatic hydroxyl groups is 1. The summed E-state index contributed by atoms with van der Waals surface area (Å²) in [5, 5.41) is 21.4. The average molecular weight is 494 g/mol. The molecule has 1 heterocycles. The molecule has 0 saturated heterocycles. The third kappa shape index (κ3) is 6.05. The molecule has 0 unspecified atom stereocenters. The number of carboxylic acids is 1. The van der Waals surface area contributed by atoms with E-state index in [-0.39, 0.29) is 29.5 Å². The molecule has 1 saturated carbocycles. The van der Waals surface area contributed by atoms with Gasteiger partial charge >= 0.3 is 11.9 Å². The van der Waals surface area contributed by atoms with Gasteiger partial charge in [0.1, 0.15) is 22.5 Å². The van der Waals surface area contributed by atoms with Gasteiger partial charge in [-0.15, -0.1) is 11.3 Å². The molecule has 0 aliphatic heterocycles. The molecule has 1 aliphatic rings. The molecular formula is C24H31NO8S. The fourth-order valence-electron chi connectivity index (χ4n) is 4.15. The molecule has 2 N–H and O–H groups in total. The van der Waals surface area contributed by atoms with Gasteiger partial charge in [0.2, 0.25) is 0 Å². The molecule has 186 valence electrons. The van der Waals surface area contributed by atoms with Gasteiger partial charge in [-0.3, -0.25) is 4.79 Å². The number of hydrogen-bond donors (Lipinski definition) is 2. The second kappa shape index (κ2) is 11.6. The molecule has 1 aromatic carbocycles. The van der Waals surface area contributed by atoms with E-state index in [9.17, 15) is 19.8 Å². The first-order valence-electron chi connectivity index (χ1n) is 11.1. The molecule has 2 atom stereocenters. The van der Waals surface area contributed by atoms with E-state index < -0.39 is 24.1 Å². The van der Waals surface area contributed by atoms with Crippen LogP contribution >= 0.6 is 11.3 Å². The van der Waals surface area contributed by atoms with Gasteiger partial charge in [-0.1, -0.05) is 12.8 Å². The summed E-state index contributed by atoms with van der Waals surface area (Å²) >= 11 is 0.978. The summed E-state index contributed by atoms with van der Waals surface area (Å²) in [5.74, 6) is -0.576. The Hall–Kier alpha value is -2.69. The van der Waals surface area contributed by atoms with Crippen molar-refractivity contribution < 1.29 is 38.7 Å². The lowest BCUT2D eigenvalue weighted by molar-refractivity contribution is -0.139. The Morgan fingerprint density at radius 3 is 2.29 bits per heavy atom. The van der Waals surface area contributed by atoms with Crippen LogP contribution in [0.2, 0.25) is 0 Å². The lowest BCUT2D eigenvalue weighted by Crippen LogP contribution is -2.29. The number of ether oxygens (including phenoxy) is 4. The van der Waals surface area contributed by atoms with Crippen molar-refractivity contribution in [2.75, 3.05) is 21.3 Å². The van der Waals surface area contributed by atoms with Crippen molar-refractivity contribution in [2.45, 2.75) is 63.8 Å². The smallest absolute Gasteiger partial charge is 0.347 e. The Morgan fingerprint density at radius 2 is 1.76 bits per heavy atom. The first-order chi connectivity index (χ1) is 16.3. The Labute approximate surface area is 202 Å². The molecule has 1 aromatic heterocycles. The molecule has 2 aromatic rings. The molecule has 0 spiro atoms. The number of aromatic carboxylic acids is 1. The molecule has 3 rings (SSSR count). The van der Waals surface area contributed by atoms with Crippen molar-refractivity contribution >= 4 is 23.3 Å². The predicted octanol–water partition coefficient (Wildman–Crippen LogP) is 3.49. The van der Waals surface area contributed by atoms with E-state index in [4.69, 9.17) is 14.2 Å². The van der Waals surface area contributed by atoms with Crippen LogP contribution in [0.25, 0.3) is 0 Å². The number of rotatable bonds is 11. The highest BCUT2D eigenvalue weighted by atomic mass is 32.1. The summed E-state index contributed by atoms with van der Waals surface area (Å²) in [6.07, 6.45) is 2.14. The quantitative estimate of drug-likeness (QED) is 0.453. The van der Waals surface area contributed by atoms with E-state index in [1.807, 2.05) is 6.92 Å². The Kier molecular flexibility index (Phi) is 8.87. The number of carbonyl (C=O) groups excluding carboxylic acids is 1. The van der Waals surface area contributed by atoms with Crippen LogP contribution in [0.1, 0.15) is 63.3 Å². The van der Waals surface area contributed by atoms with Gasteiger partial charge in [0.05, 0.1) is 50.7 Å². The summed E-state index contributed by atoms with van der Waals surface area (Å²) < 4.78 is 21.9. The van der Waals surface area contributed by atoms with Crippen LogP contribution in [-0.2, 0) is 27.1 Å². The molecule has 1 fully saturated rings. The second-order valence-corrected chi connectivity index (χ2v) is 9.31. The predicted molar refractivity (Wildman–Crippen MR) is 125 cm³/mol. The van der Waals surface area contributed by atoms with E-state index in [0.717, 1.165) is 42.6 Å². The topological polar surface area (TPSA) is 124 Å². The molecule has 0 bridgehead atoms. The Morgan fingerprint density at radius 1 is 1.15 bits per heavy atom. The van der Waals surface area contributed by atoms with Crippen LogP contribution in [0.4, 0.5) is 0 Å². The van der Waals surface area contributed by atoms with Gasteiger partial charge < -0.3 is 29.2 Å². The Bertz CT molecular complexity index is 989. The van der Waals surface area contributed by atoms with E-state index in [1.54, 1.807) is 26.4 Å². The fourth-order valence-corrected chi connectivity index (χ4v) is 5.12. The number of carbonyl (C=O) groups is 2. The number of carboxylic acid groups (broad SMARTS) is 1. The molecule has 9 nitrogen and oxygen atoms in total. The molecule has 10 heteroatoms. The summed E-state index contributed by atoms with van der Waals surface area (Å²) in [6.45, 7) is 1.87. The maximum absolute atomic E-state index is 11.7. The lowest BCUT2D eigenvalue weighted by atomic mass is 9.99. The number of methoxy groups -OCH3 is 3. The van der Waals surface area contributed by atoms with Crippen LogP contribution < -0.4 is 9.47 Å². The maximum Gasteiger partial charge on any atom is 0.347 e. The first-order valence-corrected chi connectivity index (χ1v) is 11.9. The third-order valence-electron chi connectivity index (χ3n) is 5.99. The van der Waals surface area contributed by atoms with Gasteiger partial charge in [-0.25, -0.2) is 9.78 Å². The van der Waals surface area contributed by atoms with E-state index >= 15 is 0 Å². The minimum atomic E-state index is -1.16. The SMILES string of the molecule is COC(=O)Cc1nc(C[C@H](OC2CCCC2)[C@H](O)c2cc(OC)c(C)c(OC)c2)sc1C(=O)O. The van der Waals surface area contributed by atoms with E-state index in [0.29, 0.717) is 22.1 Å². The fraction of sp³-hybridized carbons (Fsp3) is 0.542. The molecule has 34 heavy (non-hydrogen) atoms. The number of thiazole rings is 1. The van der Waals surface area contributed by atoms with Crippen LogP contribution in [-0.4, -0.2) is 60.7 Å². The highest BCUT2D eigenvalue weighted by molar-refractivity contribution is 7.13. The highest BCUT2D eigenvalue weighted by Gasteiger charge is 2.30. The summed E-state index contributed by atoms with van der Waals surface area (Å²) in [4.78, 5) is 27.8. The number of benzene rings is 1. The zero-order valence-corrected chi connectivity index (χ0v) is 20.6. The molecular weight excluding hydrogens is 462 g/mol. The molecule has 0 amide bonds. The second-order valence-electron chi connectivity index (χ2n) is 8.22. The van der Waals surface area contributed by atoms with Gasteiger partial charge in [0.15, 0.2) is 0 Å². The van der Waals surface area contributed by atoms with Crippen molar-refractivity contribution in [1.82, 2.24) is 4.98 Å².